The molecule has 0 saturated heterocycles. The second kappa shape index (κ2) is 5.04. The largest absolute Gasteiger partial charge is 0.331 e. The van der Waals surface area contributed by atoms with Gasteiger partial charge in [0.15, 0.2) is 5.13 Å². The number of nitrogens with one attached hydrogen (secondary N) is 1. The van der Waals surface area contributed by atoms with Crippen LogP contribution in [-0.2, 0) is 0 Å². The van der Waals surface area contributed by atoms with Crippen LogP contribution in [0.3, 0.4) is 0 Å². The lowest BCUT2D eigenvalue weighted by Crippen LogP contribution is -1.91. The maximum atomic E-state index is 6.07. The number of anilines is 2. The Labute approximate surface area is 119 Å². The molecular weight excluding hydrogens is 375 g/mol. The van der Waals surface area contributed by atoms with E-state index in [1.54, 1.807) is 0 Å². The first-order valence-electron chi connectivity index (χ1n) is 4.40. The van der Waals surface area contributed by atoms with Crippen molar-refractivity contribution in [2.75, 3.05) is 5.32 Å². The molecule has 0 radical (unpaired) electrons. The lowest BCUT2D eigenvalue weighted by Gasteiger charge is -2.07. The van der Waals surface area contributed by atoms with Crippen LogP contribution in [-0.4, -0.2) is 4.98 Å². The smallest absolute Gasteiger partial charge is 0.188 e. The predicted octanol–water partition coefficient (Wildman–Crippen LogP) is 5.37. The molecule has 1 N–H and O–H groups in total. The van der Waals surface area contributed by atoms with E-state index in [1.165, 1.54) is 11.3 Å². The van der Waals surface area contributed by atoms with E-state index in [2.05, 4.69) is 42.2 Å². The van der Waals surface area contributed by atoms with Crippen molar-refractivity contribution in [2.24, 2.45) is 0 Å². The molecule has 2 rings (SSSR count). The first-order valence-corrected chi connectivity index (χ1v) is 7.24. The molecule has 2 aromatic rings. The van der Waals surface area contributed by atoms with Crippen LogP contribution >= 0.6 is 54.8 Å². The molecule has 2 nitrogen and oxygen atoms in total. The average Bonchev–Trinajstić information content (AvgIpc) is 2.60. The van der Waals surface area contributed by atoms with Gasteiger partial charge in [0.1, 0.15) is 4.60 Å². The molecule has 0 aliphatic carbocycles. The number of aryl methyl sites for hydroxylation is 1. The van der Waals surface area contributed by atoms with E-state index in [1.807, 2.05) is 24.4 Å². The van der Waals surface area contributed by atoms with Crippen molar-refractivity contribution in [1.29, 1.82) is 0 Å². The molecule has 0 saturated carbocycles. The normalized spacial score (nSPS) is 10.5. The summed E-state index contributed by atoms with van der Waals surface area (Å²) in [6.07, 6.45) is 0. The summed E-state index contributed by atoms with van der Waals surface area (Å²) in [5, 5.41) is 6.69. The second-order valence-corrected chi connectivity index (χ2v) is 6.11. The van der Waals surface area contributed by atoms with Gasteiger partial charge in [-0.3, -0.25) is 0 Å². The Bertz CT molecular complexity index is 528. The molecule has 0 fully saturated rings. The van der Waals surface area contributed by atoms with Crippen molar-refractivity contribution in [2.45, 2.75) is 6.92 Å². The molecule has 0 aliphatic rings. The fourth-order valence-electron chi connectivity index (χ4n) is 1.17. The summed E-state index contributed by atoms with van der Waals surface area (Å²) < 4.78 is 1.80. The summed E-state index contributed by atoms with van der Waals surface area (Å²) in [5.41, 5.74) is 1.96. The number of hydrogen-bond acceptors (Lipinski definition) is 3. The number of rotatable bonds is 2. The fraction of sp³-hybridized carbons (Fsp3) is 0.100. The SMILES string of the molecule is Cc1cc(Br)c(Nc2nc(Br)cs2)cc1Cl. The van der Waals surface area contributed by atoms with Gasteiger partial charge in [0, 0.05) is 14.9 Å². The van der Waals surface area contributed by atoms with E-state index >= 15 is 0 Å². The van der Waals surface area contributed by atoms with Crippen molar-refractivity contribution in [3.63, 3.8) is 0 Å². The van der Waals surface area contributed by atoms with Crippen LogP contribution in [0, 0.1) is 6.92 Å². The number of halogens is 3. The molecule has 0 aliphatic heterocycles. The summed E-state index contributed by atoms with van der Waals surface area (Å²) in [4.78, 5) is 4.26. The molecule has 6 heteroatoms. The van der Waals surface area contributed by atoms with Crippen LogP contribution in [0.2, 0.25) is 5.02 Å². The first kappa shape index (κ1) is 12.4. The van der Waals surface area contributed by atoms with Gasteiger partial charge in [-0.05, 0) is 56.5 Å². The Hall–Kier alpha value is -0.100. The minimum absolute atomic E-state index is 0.737. The highest BCUT2D eigenvalue weighted by Gasteiger charge is 2.06. The quantitative estimate of drug-likeness (QED) is 0.755. The molecule has 16 heavy (non-hydrogen) atoms. The Morgan fingerprint density at radius 1 is 1.38 bits per heavy atom. The molecule has 1 aromatic heterocycles. The fourth-order valence-corrected chi connectivity index (χ4v) is 3.05. The van der Waals surface area contributed by atoms with E-state index in [-0.39, 0.29) is 0 Å². The lowest BCUT2D eigenvalue weighted by molar-refractivity contribution is 1.34. The minimum atomic E-state index is 0.737. The van der Waals surface area contributed by atoms with Crippen molar-refractivity contribution in [3.05, 3.63) is 37.2 Å². The number of aromatic nitrogens is 1. The number of thiazole rings is 1. The molecule has 0 spiro atoms. The van der Waals surface area contributed by atoms with Crippen LogP contribution in [0.25, 0.3) is 0 Å². The topological polar surface area (TPSA) is 24.9 Å². The maximum absolute atomic E-state index is 6.07. The zero-order valence-electron chi connectivity index (χ0n) is 8.22. The molecular formula is C10H7Br2ClN2S. The van der Waals surface area contributed by atoms with Crippen LogP contribution in [0.1, 0.15) is 5.56 Å². The highest BCUT2D eigenvalue weighted by Crippen LogP contribution is 2.32. The molecule has 0 atom stereocenters. The molecule has 1 aromatic carbocycles. The highest BCUT2D eigenvalue weighted by molar-refractivity contribution is 9.10. The third-order valence-electron chi connectivity index (χ3n) is 1.97. The maximum Gasteiger partial charge on any atom is 0.188 e. The van der Waals surface area contributed by atoms with Crippen molar-refractivity contribution >= 4 is 65.6 Å². The van der Waals surface area contributed by atoms with Gasteiger partial charge < -0.3 is 5.32 Å². The van der Waals surface area contributed by atoms with Gasteiger partial charge in [-0.1, -0.05) is 11.6 Å². The van der Waals surface area contributed by atoms with Crippen LogP contribution in [0.15, 0.2) is 26.6 Å². The Morgan fingerprint density at radius 2 is 2.12 bits per heavy atom. The molecule has 0 amide bonds. The van der Waals surface area contributed by atoms with Gasteiger partial charge in [-0.2, -0.15) is 0 Å². The first-order chi connectivity index (χ1) is 7.56. The molecule has 0 bridgehead atoms. The van der Waals surface area contributed by atoms with E-state index in [0.29, 0.717) is 0 Å². The monoisotopic (exact) mass is 380 g/mol. The van der Waals surface area contributed by atoms with E-state index in [4.69, 9.17) is 11.6 Å². The summed E-state index contributed by atoms with van der Waals surface area (Å²) >= 11 is 14.4. The average molecular weight is 383 g/mol. The van der Waals surface area contributed by atoms with E-state index in [0.717, 1.165) is 30.5 Å². The Morgan fingerprint density at radius 3 is 2.75 bits per heavy atom. The van der Waals surface area contributed by atoms with Crippen molar-refractivity contribution in [1.82, 2.24) is 4.98 Å². The van der Waals surface area contributed by atoms with Gasteiger partial charge >= 0.3 is 0 Å². The van der Waals surface area contributed by atoms with E-state index in [9.17, 15) is 0 Å². The van der Waals surface area contributed by atoms with Crippen LogP contribution < -0.4 is 5.32 Å². The van der Waals surface area contributed by atoms with Crippen molar-refractivity contribution < 1.29 is 0 Å². The molecule has 0 unspecified atom stereocenters. The zero-order chi connectivity index (χ0) is 11.7. The highest BCUT2D eigenvalue weighted by atomic mass is 79.9. The summed E-state index contributed by atoms with van der Waals surface area (Å²) in [6.45, 7) is 1.97. The molecule has 1 heterocycles. The third kappa shape index (κ3) is 2.77. The number of benzene rings is 1. The van der Waals surface area contributed by atoms with Gasteiger partial charge in [0.05, 0.1) is 5.69 Å². The number of nitrogens with zero attached hydrogens (tertiary/aromatic N) is 1. The standard InChI is InChI=1S/C10H7Br2ClN2S/c1-5-2-6(11)8(3-7(5)13)14-10-15-9(12)4-16-10/h2-4H,1H3,(H,14,15). The third-order valence-corrected chi connectivity index (χ3v) is 4.50. The minimum Gasteiger partial charge on any atom is -0.331 e. The second-order valence-electron chi connectivity index (χ2n) is 3.18. The van der Waals surface area contributed by atoms with E-state index < -0.39 is 0 Å². The lowest BCUT2D eigenvalue weighted by atomic mass is 10.2. The van der Waals surface area contributed by atoms with Gasteiger partial charge in [-0.25, -0.2) is 4.98 Å². The summed E-state index contributed by atoms with van der Waals surface area (Å²) in [7, 11) is 0. The zero-order valence-corrected chi connectivity index (χ0v) is 13.0. The number of hydrogen-bond donors (Lipinski definition) is 1. The Kier molecular flexibility index (Phi) is 3.89. The van der Waals surface area contributed by atoms with Crippen LogP contribution in [0.5, 0.6) is 0 Å². The van der Waals surface area contributed by atoms with Gasteiger partial charge in [0.2, 0.25) is 0 Å². The van der Waals surface area contributed by atoms with Crippen molar-refractivity contribution in [3.8, 4) is 0 Å². The molecule has 84 valence electrons. The van der Waals surface area contributed by atoms with Gasteiger partial charge in [-0.15, -0.1) is 11.3 Å². The predicted molar refractivity (Wildman–Crippen MR) is 77.0 cm³/mol. The van der Waals surface area contributed by atoms with Crippen LogP contribution in [0.4, 0.5) is 10.8 Å². The summed E-state index contributed by atoms with van der Waals surface area (Å²) in [6, 6.07) is 3.86. The Balaban J connectivity index is 2.31. The summed E-state index contributed by atoms with van der Waals surface area (Å²) in [5.74, 6) is 0. The van der Waals surface area contributed by atoms with Gasteiger partial charge in [0.25, 0.3) is 0 Å².